The Morgan fingerprint density at radius 3 is 2.75 bits per heavy atom. The van der Waals surface area contributed by atoms with E-state index in [0.29, 0.717) is 11.3 Å². The minimum absolute atomic E-state index is 0.204. The zero-order chi connectivity index (χ0) is 14.8. The number of rotatable bonds is 3. The summed E-state index contributed by atoms with van der Waals surface area (Å²) in [5.41, 5.74) is 0.634. The van der Waals surface area contributed by atoms with E-state index >= 15 is 0 Å². The van der Waals surface area contributed by atoms with E-state index in [0.717, 1.165) is 0 Å². The van der Waals surface area contributed by atoms with E-state index in [1.165, 1.54) is 12.3 Å². The molecule has 2 heterocycles. The number of nitrogens with zero attached hydrogens (tertiary/aromatic N) is 2. The third kappa shape index (κ3) is 3.40. The first-order valence-corrected chi connectivity index (χ1v) is 6.22. The van der Waals surface area contributed by atoms with E-state index in [4.69, 9.17) is 4.52 Å². The lowest BCUT2D eigenvalue weighted by Crippen LogP contribution is -2.23. The highest BCUT2D eigenvalue weighted by atomic mass is 19.1. The lowest BCUT2D eigenvalue weighted by molar-refractivity contribution is 0.0941. The molecule has 0 bridgehead atoms. The van der Waals surface area contributed by atoms with E-state index in [1.807, 2.05) is 20.8 Å². The Labute approximate surface area is 116 Å². The zero-order valence-corrected chi connectivity index (χ0v) is 11.6. The minimum atomic E-state index is -0.576. The molecule has 2 aromatic rings. The molecule has 1 N–H and O–H groups in total. The van der Waals surface area contributed by atoms with Gasteiger partial charge in [-0.25, -0.2) is 4.98 Å². The lowest BCUT2D eigenvalue weighted by atomic mass is 9.93. The molecule has 5 nitrogen and oxygen atoms in total. The van der Waals surface area contributed by atoms with Crippen LogP contribution in [0.5, 0.6) is 0 Å². The second kappa shape index (κ2) is 5.40. The predicted molar refractivity (Wildman–Crippen MR) is 70.6 cm³/mol. The Hall–Kier alpha value is -2.24. The molecule has 0 aliphatic heterocycles. The average Bonchev–Trinajstić information content (AvgIpc) is 2.85. The van der Waals surface area contributed by atoms with Crippen LogP contribution in [0.2, 0.25) is 0 Å². The zero-order valence-electron chi connectivity index (χ0n) is 11.6. The van der Waals surface area contributed by atoms with Crippen LogP contribution in [-0.2, 0) is 12.0 Å². The van der Waals surface area contributed by atoms with Crippen LogP contribution in [0.4, 0.5) is 4.39 Å². The summed E-state index contributed by atoms with van der Waals surface area (Å²) in [5.74, 6) is -0.299. The molecule has 0 spiro atoms. The van der Waals surface area contributed by atoms with Crippen LogP contribution in [-0.4, -0.2) is 16.0 Å². The normalized spacial score (nSPS) is 11.4. The molecule has 6 heteroatoms. The van der Waals surface area contributed by atoms with Gasteiger partial charge in [0, 0.05) is 24.2 Å². The van der Waals surface area contributed by atoms with Gasteiger partial charge in [0.25, 0.3) is 5.91 Å². The number of nitrogens with one attached hydrogen (secondary N) is 1. The Kier molecular flexibility index (Phi) is 3.83. The van der Waals surface area contributed by atoms with Crippen molar-refractivity contribution < 1.29 is 13.7 Å². The quantitative estimate of drug-likeness (QED) is 0.875. The van der Waals surface area contributed by atoms with Gasteiger partial charge in [-0.15, -0.1) is 0 Å². The predicted octanol–water partition coefficient (Wildman–Crippen LogP) is 2.44. The third-order valence-electron chi connectivity index (χ3n) is 2.73. The van der Waals surface area contributed by atoms with Crippen LogP contribution in [0.15, 0.2) is 28.9 Å². The van der Waals surface area contributed by atoms with Crippen molar-refractivity contribution >= 4 is 5.91 Å². The highest BCUT2D eigenvalue weighted by Crippen LogP contribution is 2.22. The van der Waals surface area contributed by atoms with E-state index in [9.17, 15) is 9.18 Å². The van der Waals surface area contributed by atoms with E-state index in [-0.39, 0.29) is 23.6 Å². The van der Waals surface area contributed by atoms with Crippen LogP contribution in [0.25, 0.3) is 0 Å². The van der Waals surface area contributed by atoms with Gasteiger partial charge in [0.1, 0.15) is 5.76 Å². The second-order valence-electron chi connectivity index (χ2n) is 5.50. The van der Waals surface area contributed by atoms with E-state index in [1.54, 1.807) is 12.1 Å². The summed E-state index contributed by atoms with van der Waals surface area (Å²) in [6.07, 6.45) is 1.35. The van der Waals surface area contributed by atoms with Crippen LogP contribution in [0, 0.1) is 5.95 Å². The summed E-state index contributed by atoms with van der Waals surface area (Å²) in [5, 5.41) is 6.39. The van der Waals surface area contributed by atoms with Crippen molar-refractivity contribution in [1.82, 2.24) is 15.5 Å². The number of hydrogen-bond donors (Lipinski definition) is 1. The number of pyridine rings is 1. The molecule has 0 unspecified atom stereocenters. The molecule has 106 valence electrons. The first-order valence-electron chi connectivity index (χ1n) is 6.22. The van der Waals surface area contributed by atoms with Gasteiger partial charge in [0.15, 0.2) is 5.69 Å². The Morgan fingerprint density at radius 1 is 1.40 bits per heavy atom. The Balaban J connectivity index is 2.00. The van der Waals surface area contributed by atoms with Crippen molar-refractivity contribution in [3.8, 4) is 0 Å². The molecule has 0 saturated carbocycles. The van der Waals surface area contributed by atoms with E-state index in [2.05, 4.69) is 15.5 Å². The molecule has 0 aliphatic rings. The van der Waals surface area contributed by atoms with Gasteiger partial charge in [-0.3, -0.25) is 4.79 Å². The average molecular weight is 277 g/mol. The molecule has 2 rings (SSSR count). The number of amides is 1. The molecule has 0 aliphatic carbocycles. The highest BCUT2D eigenvalue weighted by molar-refractivity contribution is 5.92. The maximum atomic E-state index is 12.9. The van der Waals surface area contributed by atoms with Crippen molar-refractivity contribution in [2.75, 3.05) is 0 Å². The lowest BCUT2D eigenvalue weighted by Gasteiger charge is -2.12. The largest absolute Gasteiger partial charge is 0.360 e. The monoisotopic (exact) mass is 277 g/mol. The van der Waals surface area contributed by atoms with Crippen molar-refractivity contribution in [3.63, 3.8) is 0 Å². The van der Waals surface area contributed by atoms with Crippen molar-refractivity contribution in [2.45, 2.75) is 32.7 Å². The minimum Gasteiger partial charge on any atom is -0.360 e. The van der Waals surface area contributed by atoms with Crippen LogP contribution in [0.1, 0.15) is 42.6 Å². The molecule has 1 amide bonds. The standard InChI is InChI=1S/C14H16FN3O2/c1-14(2,3)11-7-10(18-20-11)13(19)17-8-9-4-5-16-12(15)6-9/h4-7H,8H2,1-3H3,(H,17,19). The Bertz CT molecular complexity index is 617. The second-order valence-corrected chi connectivity index (χ2v) is 5.50. The van der Waals surface area contributed by atoms with Crippen LogP contribution >= 0.6 is 0 Å². The number of hydrogen-bond acceptors (Lipinski definition) is 4. The number of aromatic nitrogens is 2. The van der Waals surface area contributed by atoms with Gasteiger partial charge in [-0.2, -0.15) is 4.39 Å². The van der Waals surface area contributed by atoms with E-state index < -0.39 is 5.95 Å². The summed E-state index contributed by atoms with van der Waals surface area (Å²) in [4.78, 5) is 15.3. The van der Waals surface area contributed by atoms with Gasteiger partial charge in [0.2, 0.25) is 5.95 Å². The smallest absolute Gasteiger partial charge is 0.273 e. The fraction of sp³-hybridized carbons (Fsp3) is 0.357. The molecule has 20 heavy (non-hydrogen) atoms. The van der Waals surface area contributed by atoms with Gasteiger partial charge >= 0.3 is 0 Å². The fourth-order valence-corrected chi connectivity index (χ4v) is 1.56. The first kappa shape index (κ1) is 14.2. The topological polar surface area (TPSA) is 68.0 Å². The van der Waals surface area contributed by atoms with Gasteiger partial charge in [0.05, 0.1) is 0 Å². The van der Waals surface area contributed by atoms with Gasteiger partial charge in [-0.05, 0) is 17.7 Å². The molecule has 0 aromatic carbocycles. The molecule has 0 saturated heterocycles. The Morgan fingerprint density at radius 2 is 2.15 bits per heavy atom. The SMILES string of the molecule is CC(C)(C)c1cc(C(=O)NCc2ccnc(F)c2)no1. The molecule has 0 fully saturated rings. The van der Waals surface area contributed by atoms with Crippen LogP contribution < -0.4 is 5.32 Å². The summed E-state index contributed by atoms with van der Waals surface area (Å²) >= 11 is 0. The van der Waals surface area contributed by atoms with Crippen molar-refractivity contribution in [1.29, 1.82) is 0 Å². The maximum Gasteiger partial charge on any atom is 0.273 e. The molecule has 0 radical (unpaired) electrons. The first-order chi connectivity index (χ1) is 9.36. The van der Waals surface area contributed by atoms with Gasteiger partial charge < -0.3 is 9.84 Å². The number of halogens is 1. The molecular weight excluding hydrogens is 261 g/mol. The van der Waals surface area contributed by atoms with Crippen LogP contribution in [0.3, 0.4) is 0 Å². The maximum absolute atomic E-state index is 12.9. The van der Waals surface area contributed by atoms with Crippen molar-refractivity contribution in [3.05, 3.63) is 47.4 Å². The summed E-state index contributed by atoms with van der Waals surface area (Å²) < 4.78 is 18.0. The highest BCUT2D eigenvalue weighted by Gasteiger charge is 2.21. The number of carbonyl (C=O) groups excluding carboxylic acids is 1. The molecule has 0 atom stereocenters. The summed E-state index contributed by atoms with van der Waals surface area (Å²) in [6, 6.07) is 4.51. The van der Waals surface area contributed by atoms with Crippen molar-refractivity contribution in [2.24, 2.45) is 0 Å². The van der Waals surface area contributed by atoms with Gasteiger partial charge in [-0.1, -0.05) is 25.9 Å². The summed E-state index contributed by atoms with van der Waals surface area (Å²) in [6.45, 7) is 6.11. The molecular formula is C14H16FN3O2. The molecule has 2 aromatic heterocycles. The summed E-state index contributed by atoms with van der Waals surface area (Å²) in [7, 11) is 0. The number of carbonyl (C=O) groups is 1. The fourth-order valence-electron chi connectivity index (χ4n) is 1.56. The third-order valence-corrected chi connectivity index (χ3v) is 2.73.